The van der Waals surface area contributed by atoms with Crippen LogP contribution in [-0.2, 0) is 26.5 Å². The standard InChI is InChI=1S/C30H41F3N5O4PS/c1-24(20-38-22-37-27-28(34)35-21-36-29(27)38)41-23-43(39,40)42-17-11-19-44-18-10-8-6-4-2-3-5-7-9-12-25-13-15-26(16-14-25)30(31,32)33/h13-16,21-22,24H,2-8,10-11,17-20,23H2,1H3,(H,39,40)(H2,34,35,36)/t24-/m1/s1. The zero-order chi connectivity index (χ0) is 31.8. The Bertz CT molecular complexity index is 1400. The van der Waals surface area contributed by atoms with Crippen LogP contribution in [0.5, 0.6) is 0 Å². The van der Waals surface area contributed by atoms with E-state index in [0.29, 0.717) is 35.5 Å². The molecule has 3 rings (SSSR count). The minimum Gasteiger partial charge on any atom is -0.382 e. The molecule has 0 radical (unpaired) electrons. The summed E-state index contributed by atoms with van der Waals surface area (Å²) in [4.78, 5) is 22.4. The Labute approximate surface area is 261 Å². The van der Waals surface area contributed by atoms with E-state index < -0.39 is 19.3 Å². The lowest BCUT2D eigenvalue weighted by Crippen LogP contribution is -2.17. The fourth-order valence-electron chi connectivity index (χ4n) is 4.30. The van der Waals surface area contributed by atoms with Gasteiger partial charge in [0.1, 0.15) is 18.2 Å². The van der Waals surface area contributed by atoms with Crippen molar-refractivity contribution in [1.82, 2.24) is 19.5 Å². The monoisotopic (exact) mass is 655 g/mol. The van der Waals surface area contributed by atoms with E-state index in [1.54, 1.807) is 17.8 Å². The van der Waals surface area contributed by atoms with Crippen molar-refractivity contribution in [3.63, 3.8) is 0 Å². The first-order chi connectivity index (χ1) is 21.0. The Morgan fingerprint density at radius 3 is 2.43 bits per heavy atom. The summed E-state index contributed by atoms with van der Waals surface area (Å²) in [6.45, 7) is 2.38. The molecular weight excluding hydrogens is 614 g/mol. The number of imidazole rings is 1. The molecule has 0 saturated heterocycles. The summed E-state index contributed by atoms with van der Waals surface area (Å²) in [5.74, 6) is 8.18. The van der Waals surface area contributed by atoms with Crippen LogP contribution in [0, 0.1) is 11.8 Å². The van der Waals surface area contributed by atoms with Crippen molar-refractivity contribution in [2.75, 3.05) is 30.2 Å². The molecule has 0 amide bonds. The van der Waals surface area contributed by atoms with Crippen molar-refractivity contribution in [3.8, 4) is 11.8 Å². The summed E-state index contributed by atoms with van der Waals surface area (Å²) in [5.41, 5.74) is 6.83. The van der Waals surface area contributed by atoms with Crippen LogP contribution in [0.4, 0.5) is 19.0 Å². The predicted octanol–water partition coefficient (Wildman–Crippen LogP) is 7.29. The van der Waals surface area contributed by atoms with E-state index in [1.807, 2.05) is 11.8 Å². The number of hydrogen-bond donors (Lipinski definition) is 2. The lowest BCUT2D eigenvalue weighted by molar-refractivity contribution is -0.137. The van der Waals surface area contributed by atoms with Crippen LogP contribution >= 0.6 is 19.4 Å². The third-order valence-electron chi connectivity index (χ3n) is 6.67. The number of ether oxygens (including phenoxy) is 1. The van der Waals surface area contributed by atoms with E-state index in [-0.39, 0.29) is 19.1 Å². The minimum absolute atomic E-state index is 0.204. The number of nitrogens with two attached hydrogens (primary N) is 1. The molecule has 44 heavy (non-hydrogen) atoms. The maximum atomic E-state index is 12.6. The maximum Gasteiger partial charge on any atom is 0.416 e. The van der Waals surface area contributed by atoms with E-state index >= 15 is 0 Å². The normalized spacial score (nSPS) is 13.8. The van der Waals surface area contributed by atoms with Crippen LogP contribution in [0.15, 0.2) is 36.9 Å². The Hall–Kier alpha value is -2.62. The van der Waals surface area contributed by atoms with Gasteiger partial charge < -0.3 is 24.5 Å². The average Bonchev–Trinajstić information content (AvgIpc) is 3.39. The summed E-state index contributed by atoms with van der Waals surface area (Å²) in [6.07, 6.45) is 7.23. The average molecular weight is 656 g/mol. The van der Waals surface area contributed by atoms with Gasteiger partial charge in [-0.15, -0.1) is 0 Å². The predicted molar refractivity (Wildman–Crippen MR) is 168 cm³/mol. The molecular formula is C30H41F3N5O4PS. The summed E-state index contributed by atoms with van der Waals surface area (Å²) in [6, 6.07) is 4.95. The lowest BCUT2D eigenvalue weighted by Gasteiger charge is -2.17. The summed E-state index contributed by atoms with van der Waals surface area (Å²) < 4.78 is 62.6. The van der Waals surface area contributed by atoms with Crippen molar-refractivity contribution in [2.45, 2.75) is 83.5 Å². The number of nitrogens with zero attached hydrogens (tertiary/aromatic N) is 4. The Balaban J connectivity index is 1.11. The van der Waals surface area contributed by atoms with Crippen LogP contribution < -0.4 is 5.73 Å². The zero-order valence-electron chi connectivity index (χ0n) is 25.0. The summed E-state index contributed by atoms with van der Waals surface area (Å²) in [5, 5.41) is 0. The van der Waals surface area contributed by atoms with Gasteiger partial charge in [0.2, 0.25) is 0 Å². The van der Waals surface area contributed by atoms with Gasteiger partial charge in [-0.1, -0.05) is 43.9 Å². The van der Waals surface area contributed by atoms with Crippen molar-refractivity contribution >= 4 is 36.3 Å². The number of nitrogen functional groups attached to an aromatic ring is 1. The smallest absolute Gasteiger partial charge is 0.382 e. The molecule has 1 unspecified atom stereocenters. The molecule has 3 aromatic rings. The number of alkyl halides is 3. The highest BCUT2D eigenvalue weighted by atomic mass is 32.2. The zero-order valence-corrected chi connectivity index (χ0v) is 26.7. The fourth-order valence-corrected chi connectivity index (χ4v) is 6.17. The minimum atomic E-state index is -4.32. The Morgan fingerprint density at radius 1 is 1.02 bits per heavy atom. The Morgan fingerprint density at radius 2 is 1.70 bits per heavy atom. The molecule has 0 saturated carbocycles. The molecule has 0 aliphatic heterocycles. The molecule has 3 N–H and O–H groups in total. The molecule has 9 nitrogen and oxygen atoms in total. The van der Waals surface area contributed by atoms with E-state index in [9.17, 15) is 22.6 Å². The van der Waals surface area contributed by atoms with Crippen molar-refractivity contribution in [2.24, 2.45) is 0 Å². The van der Waals surface area contributed by atoms with Gasteiger partial charge in [0.15, 0.2) is 11.5 Å². The van der Waals surface area contributed by atoms with Crippen LogP contribution in [0.2, 0.25) is 0 Å². The van der Waals surface area contributed by atoms with Crippen molar-refractivity contribution in [1.29, 1.82) is 0 Å². The van der Waals surface area contributed by atoms with E-state index in [1.165, 1.54) is 37.7 Å². The van der Waals surface area contributed by atoms with Crippen LogP contribution in [0.25, 0.3) is 11.2 Å². The van der Waals surface area contributed by atoms with Crippen molar-refractivity contribution in [3.05, 3.63) is 48.0 Å². The maximum absolute atomic E-state index is 12.6. The third kappa shape index (κ3) is 13.2. The molecule has 0 spiro atoms. The van der Waals surface area contributed by atoms with E-state index in [0.717, 1.165) is 55.7 Å². The number of fused-ring (bicyclic) bond motifs is 1. The number of anilines is 1. The molecule has 0 aliphatic rings. The van der Waals surface area contributed by atoms with Gasteiger partial charge in [-0.3, -0.25) is 4.57 Å². The second kappa shape index (κ2) is 18.4. The molecule has 242 valence electrons. The number of thioether (sulfide) groups is 1. The molecule has 0 fully saturated rings. The highest BCUT2D eigenvalue weighted by Crippen LogP contribution is 2.42. The van der Waals surface area contributed by atoms with Crippen LogP contribution in [0.3, 0.4) is 0 Å². The number of hydrogen-bond acceptors (Lipinski definition) is 8. The second-order valence-electron chi connectivity index (χ2n) is 10.5. The number of rotatable bonds is 19. The SMILES string of the molecule is C[C@H](Cn1cnc2c(N)ncnc21)OCP(=O)(O)OCCCSCCCCCCCCCC#Cc1ccc(C(F)(F)F)cc1. The van der Waals surface area contributed by atoms with Gasteiger partial charge in [0.25, 0.3) is 0 Å². The van der Waals surface area contributed by atoms with Gasteiger partial charge in [-0.05, 0) is 62.0 Å². The van der Waals surface area contributed by atoms with Gasteiger partial charge in [0.05, 0.1) is 31.1 Å². The fraction of sp³-hybridized carbons (Fsp3) is 0.567. The molecule has 0 aliphatic carbocycles. The topological polar surface area (TPSA) is 125 Å². The number of unbranched alkanes of at least 4 members (excludes halogenated alkanes) is 7. The molecule has 2 aromatic heterocycles. The van der Waals surface area contributed by atoms with Crippen molar-refractivity contribution < 1.29 is 31.9 Å². The van der Waals surface area contributed by atoms with E-state index in [2.05, 4.69) is 26.8 Å². The highest BCUT2D eigenvalue weighted by Gasteiger charge is 2.29. The molecule has 1 aromatic carbocycles. The summed E-state index contributed by atoms with van der Waals surface area (Å²) in [7, 11) is -3.84. The van der Waals surface area contributed by atoms with Crippen LogP contribution in [-0.4, -0.2) is 55.0 Å². The lowest BCUT2D eigenvalue weighted by atomic mass is 10.1. The Kier molecular flexibility index (Phi) is 15.0. The number of benzene rings is 1. The second-order valence-corrected chi connectivity index (χ2v) is 13.5. The molecule has 2 atom stereocenters. The molecule has 0 bridgehead atoms. The third-order valence-corrected chi connectivity index (χ3v) is 8.88. The number of aromatic nitrogens is 4. The summed E-state index contributed by atoms with van der Waals surface area (Å²) >= 11 is 1.82. The van der Waals surface area contributed by atoms with Gasteiger partial charge in [-0.25, -0.2) is 15.0 Å². The van der Waals surface area contributed by atoms with E-state index in [4.69, 9.17) is 15.0 Å². The molecule has 2 heterocycles. The first-order valence-electron chi connectivity index (χ1n) is 14.8. The first-order valence-corrected chi connectivity index (χ1v) is 17.7. The van der Waals surface area contributed by atoms with Crippen LogP contribution in [0.1, 0.15) is 75.8 Å². The first kappa shape index (κ1) is 35.9. The quantitative estimate of drug-likeness (QED) is 0.0778. The number of halogens is 3. The van der Waals surface area contributed by atoms with Gasteiger partial charge >= 0.3 is 13.8 Å². The van der Waals surface area contributed by atoms with Gasteiger partial charge in [-0.2, -0.15) is 24.9 Å². The highest BCUT2D eigenvalue weighted by molar-refractivity contribution is 7.99. The molecule has 14 heteroatoms. The largest absolute Gasteiger partial charge is 0.416 e. The van der Waals surface area contributed by atoms with Gasteiger partial charge in [0, 0.05) is 12.0 Å².